The smallest absolute Gasteiger partial charge is 0.171 e. The van der Waals surface area contributed by atoms with Crippen LogP contribution >= 0.6 is 0 Å². The van der Waals surface area contributed by atoms with E-state index >= 15 is 0 Å². The largest absolute Gasteiger partial charge is 0.381 e. The van der Waals surface area contributed by atoms with Crippen molar-refractivity contribution < 1.29 is 8.91 Å². The Labute approximate surface area is 92.4 Å². The van der Waals surface area contributed by atoms with E-state index in [1.165, 1.54) is 12.1 Å². The summed E-state index contributed by atoms with van der Waals surface area (Å²) >= 11 is 0. The summed E-state index contributed by atoms with van der Waals surface area (Å²) in [7, 11) is 3.66. The van der Waals surface area contributed by atoms with E-state index in [0.29, 0.717) is 11.6 Å². The van der Waals surface area contributed by atoms with Crippen molar-refractivity contribution in [2.24, 2.45) is 0 Å². The average molecular weight is 221 g/mol. The number of anilines is 2. The van der Waals surface area contributed by atoms with Crippen molar-refractivity contribution in [3.8, 4) is 11.3 Å². The normalized spacial score (nSPS) is 10.4. The zero-order valence-electron chi connectivity index (χ0n) is 9.07. The van der Waals surface area contributed by atoms with Crippen LogP contribution in [-0.4, -0.2) is 19.3 Å². The lowest BCUT2D eigenvalue weighted by atomic mass is 10.1. The second kappa shape index (κ2) is 3.84. The van der Waals surface area contributed by atoms with Crippen LogP contribution in [0.5, 0.6) is 0 Å². The van der Waals surface area contributed by atoms with Crippen LogP contribution in [0.1, 0.15) is 0 Å². The summed E-state index contributed by atoms with van der Waals surface area (Å²) in [6, 6.07) is 6.07. The van der Waals surface area contributed by atoms with Gasteiger partial charge < -0.3 is 15.2 Å². The summed E-state index contributed by atoms with van der Waals surface area (Å²) in [5, 5.41) is 3.61. The van der Waals surface area contributed by atoms with Crippen molar-refractivity contribution in [3.63, 3.8) is 0 Å². The summed E-state index contributed by atoms with van der Waals surface area (Å²) < 4.78 is 18.2. The Morgan fingerprint density at radius 2 is 2.06 bits per heavy atom. The second-order valence-electron chi connectivity index (χ2n) is 3.67. The molecule has 4 nitrogen and oxygen atoms in total. The van der Waals surface area contributed by atoms with Crippen LogP contribution in [0.15, 0.2) is 28.8 Å². The van der Waals surface area contributed by atoms with E-state index in [4.69, 9.17) is 10.3 Å². The van der Waals surface area contributed by atoms with E-state index in [2.05, 4.69) is 5.16 Å². The molecule has 1 aromatic heterocycles. The topological polar surface area (TPSA) is 55.3 Å². The fourth-order valence-electron chi connectivity index (χ4n) is 1.50. The van der Waals surface area contributed by atoms with Crippen molar-refractivity contribution >= 4 is 11.5 Å². The molecule has 0 amide bonds. The van der Waals surface area contributed by atoms with Gasteiger partial charge in [0.15, 0.2) is 11.6 Å². The highest BCUT2D eigenvalue weighted by atomic mass is 19.1. The van der Waals surface area contributed by atoms with Gasteiger partial charge in [0.1, 0.15) is 5.82 Å². The summed E-state index contributed by atoms with van der Waals surface area (Å²) in [6.45, 7) is 0. The molecule has 84 valence electrons. The summed E-state index contributed by atoms with van der Waals surface area (Å²) in [5.74, 6) is 0.546. The van der Waals surface area contributed by atoms with Crippen LogP contribution in [0.4, 0.5) is 15.9 Å². The van der Waals surface area contributed by atoms with Gasteiger partial charge >= 0.3 is 0 Å². The van der Waals surface area contributed by atoms with Crippen molar-refractivity contribution in [2.75, 3.05) is 24.7 Å². The summed E-state index contributed by atoms with van der Waals surface area (Å²) in [6.07, 6.45) is 0. The van der Waals surface area contributed by atoms with E-state index < -0.39 is 0 Å². The molecule has 0 saturated heterocycles. The van der Waals surface area contributed by atoms with Crippen LogP contribution in [0.2, 0.25) is 0 Å². The van der Waals surface area contributed by atoms with E-state index in [1.807, 2.05) is 14.1 Å². The lowest BCUT2D eigenvalue weighted by molar-refractivity contribution is 0.436. The van der Waals surface area contributed by atoms with Crippen molar-refractivity contribution in [1.82, 2.24) is 5.16 Å². The molecule has 0 bridgehead atoms. The average Bonchev–Trinajstić information content (AvgIpc) is 2.64. The molecule has 0 radical (unpaired) electrons. The maximum atomic E-state index is 13.1. The van der Waals surface area contributed by atoms with Crippen LogP contribution in [-0.2, 0) is 0 Å². The summed E-state index contributed by atoms with van der Waals surface area (Å²) in [5.41, 5.74) is 6.96. The van der Waals surface area contributed by atoms with Crippen LogP contribution < -0.4 is 10.6 Å². The number of hydrogen-bond donors (Lipinski definition) is 1. The Balaban J connectivity index is 2.56. The van der Waals surface area contributed by atoms with Crippen LogP contribution in [0.3, 0.4) is 0 Å². The molecule has 0 unspecified atom stereocenters. The van der Waals surface area contributed by atoms with Gasteiger partial charge in [-0.1, -0.05) is 5.16 Å². The number of aromatic nitrogens is 1. The molecule has 16 heavy (non-hydrogen) atoms. The minimum Gasteiger partial charge on any atom is -0.381 e. The van der Waals surface area contributed by atoms with E-state index in [-0.39, 0.29) is 5.82 Å². The predicted molar refractivity (Wildman–Crippen MR) is 60.6 cm³/mol. The van der Waals surface area contributed by atoms with Crippen molar-refractivity contribution in [2.45, 2.75) is 0 Å². The van der Waals surface area contributed by atoms with Crippen LogP contribution in [0, 0.1) is 5.82 Å². The zero-order valence-corrected chi connectivity index (χ0v) is 9.07. The number of nitrogens with two attached hydrogens (primary N) is 1. The molecule has 1 aromatic carbocycles. The zero-order chi connectivity index (χ0) is 11.7. The quantitative estimate of drug-likeness (QED) is 0.844. The first-order valence-corrected chi connectivity index (χ1v) is 4.77. The minimum atomic E-state index is -0.292. The van der Waals surface area contributed by atoms with E-state index in [1.54, 1.807) is 17.0 Å². The molecular weight excluding hydrogens is 209 g/mol. The van der Waals surface area contributed by atoms with E-state index in [0.717, 1.165) is 11.3 Å². The summed E-state index contributed by atoms with van der Waals surface area (Å²) in [4.78, 5) is 1.80. The van der Waals surface area contributed by atoms with E-state index in [9.17, 15) is 4.39 Å². The third-order valence-electron chi connectivity index (χ3n) is 2.24. The Bertz CT molecular complexity index is 508. The van der Waals surface area contributed by atoms with Gasteiger partial charge in [0.05, 0.1) is 5.69 Å². The number of hydrogen-bond acceptors (Lipinski definition) is 4. The number of nitrogens with zero attached hydrogens (tertiary/aromatic N) is 2. The third-order valence-corrected chi connectivity index (χ3v) is 2.24. The van der Waals surface area contributed by atoms with Gasteiger partial charge in [-0.25, -0.2) is 4.39 Å². The van der Waals surface area contributed by atoms with Crippen molar-refractivity contribution in [3.05, 3.63) is 30.1 Å². The molecule has 1 heterocycles. The Morgan fingerprint density at radius 3 is 2.62 bits per heavy atom. The molecule has 0 fully saturated rings. The standard InChI is InChI=1S/C11H12FN3O/c1-15(2)9-5-7(12)3-4-8(9)10-6-11(13)14-16-10/h3-6H,1-2H3,(H2,13,14). The molecule has 2 rings (SSSR count). The molecule has 0 aliphatic heterocycles. The molecule has 0 saturated carbocycles. The molecule has 2 aromatic rings. The van der Waals surface area contributed by atoms with Gasteiger partial charge in [-0.15, -0.1) is 0 Å². The number of nitrogen functional groups attached to an aromatic ring is 1. The Morgan fingerprint density at radius 1 is 1.31 bits per heavy atom. The first kappa shape index (κ1) is 10.5. The predicted octanol–water partition coefficient (Wildman–Crippen LogP) is 2.13. The molecular formula is C11H12FN3O. The highest BCUT2D eigenvalue weighted by Gasteiger charge is 2.12. The first-order valence-electron chi connectivity index (χ1n) is 4.77. The lowest BCUT2D eigenvalue weighted by Gasteiger charge is -2.15. The fraction of sp³-hybridized carbons (Fsp3) is 0.182. The van der Waals surface area contributed by atoms with Gasteiger partial charge in [0, 0.05) is 25.7 Å². The molecule has 0 atom stereocenters. The van der Waals surface area contributed by atoms with Crippen LogP contribution in [0.25, 0.3) is 11.3 Å². The van der Waals surface area contributed by atoms with Gasteiger partial charge in [-0.3, -0.25) is 0 Å². The van der Waals surface area contributed by atoms with Gasteiger partial charge in [-0.2, -0.15) is 0 Å². The maximum Gasteiger partial charge on any atom is 0.171 e. The number of benzene rings is 1. The SMILES string of the molecule is CN(C)c1cc(F)ccc1-c1cc(N)no1. The molecule has 5 heteroatoms. The maximum absolute atomic E-state index is 13.1. The molecule has 2 N–H and O–H groups in total. The second-order valence-corrected chi connectivity index (χ2v) is 3.67. The molecule has 0 aliphatic carbocycles. The Hall–Kier alpha value is -2.04. The highest BCUT2D eigenvalue weighted by Crippen LogP contribution is 2.31. The minimum absolute atomic E-state index is 0.292. The molecule has 0 aliphatic rings. The Kier molecular flexibility index (Phi) is 2.52. The van der Waals surface area contributed by atoms with Gasteiger partial charge in [-0.05, 0) is 18.2 Å². The monoisotopic (exact) mass is 221 g/mol. The number of halogens is 1. The van der Waals surface area contributed by atoms with Gasteiger partial charge in [0.2, 0.25) is 0 Å². The number of rotatable bonds is 2. The third kappa shape index (κ3) is 1.84. The fourth-order valence-corrected chi connectivity index (χ4v) is 1.50. The lowest BCUT2D eigenvalue weighted by Crippen LogP contribution is -2.10. The first-order chi connectivity index (χ1) is 7.58. The highest BCUT2D eigenvalue weighted by molar-refractivity contribution is 5.76. The van der Waals surface area contributed by atoms with Gasteiger partial charge in [0.25, 0.3) is 0 Å². The van der Waals surface area contributed by atoms with Crippen molar-refractivity contribution in [1.29, 1.82) is 0 Å². The molecule has 0 spiro atoms.